The van der Waals surface area contributed by atoms with E-state index in [1.54, 1.807) is 24.3 Å². The summed E-state index contributed by atoms with van der Waals surface area (Å²) in [6.07, 6.45) is -0.128. The highest BCUT2D eigenvalue weighted by Gasteiger charge is 2.24. The van der Waals surface area contributed by atoms with Crippen LogP contribution in [0.4, 0.5) is 11.4 Å². The van der Waals surface area contributed by atoms with Crippen LogP contribution in [0.5, 0.6) is 5.75 Å². The van der Waals surface area contributed by atoms with E-state index in [1.165, 1.54) is 7.11 Å². The van der Waals surface area contributed by atoms with Gasteiger partial charge in [-0.25, -0.2) is 4.79 Å². The minimum Gasteiger partial charge on any atom is -0.497 e. The molecule has 0 atom stereocenters. The monoisotopic (exact) mass is 384 g/mol. The Morgan fingerprint density at radius 1 is 1.07 bits per heavy atom. The zero-order valence-electron chi connectivity index (χ0n) is 14.4. The van der Waals surface area contributed by atoms with Crippen molar-refractivity contribution in [3.05, 3.63) is 84.2 Å². The number of Topliss-reactive ketones (excluding diaryl/α,β-unsaturated/α-hetero) is 1. The number of benzene rings is 2. The summed E-state index contributed by atoms with van der Waals surface area (Å²) in [5.74, 6) is 0.0102. The number of nitro benzene ring substituents is 2. The fourth-order valence-corrected chi connectivity index (χ4v) is 2.66. The smallest absolute Gasteiger partial charge is 0.347 e. The first-order chi connectivity index (χ1) is 13.3. The van der Waals surface area contributed by atoms with Crippen molar-refractivity contribution in [3.63, 3.8) is 0 Å². The van der Waals surface area contributed by atoms with E-state index in [4.69, 9.17) is 9.15 Å². The Morgan fingerprint density at radius 2 is 1.75 bits per heavy atom. The topological polar surface area (TPSA) is 143 Å². The van der Waals surface area contributed by atoms with Gasteiger partial charge in [0.05, 0.1) is 23.0 Å². The summed E-state index contributed by atoms with van der Waals surface area (Å²) in [7, 11) is 1.50. The predicted molar refractivity (Wildman–Crippen MR) is 96.8 cm³/mol. The molecule has 0 radical (unpaired) electrons. The minimum absolute atomic E-state index is 0.0846. The SMILES string of the molecule is COc1ccc(CC(=O)c2cc3cc([N+](=O)[O-])cc([N+](=O)[O-])c3oc2=O)cc1. The number of non-ortho nitro benzene ring substituents is 2. The van der Waals surface area contributed by atoms with Gasteiger partial charge >= 0.3 is 11.3 Å². The summed E-state index contributed by atoms with van der Waals surface area (Å²) in [4.78, 5) is 45.2. The number of methoxy groups -OCH3 is 1. The molecule has 142 valence electrons. The Morgan fingerprint density at radius 3 is 2.32 bits per heavy atom. The van der Waals surface area contributed by atoms with E-state index in [2.05, 4.69) is 0 Å². The molecular formula is C18H12N2O8. The highest BCUT2D eigenvalue weighted by Crippen LogP contribution is 2.30. The number of hydrogen-bond acceptors (Lipinski definition) is 8. The summed E-state index contributed by atoms with van der Waals surface area (Å²) in [5.41, 5.74) is -2.50. The molecule has 0 saturated carbocycles. The summed E-state index contributed by atoms with van der Waals surface area (Å²) < 4.78 is 9.98. The van der Waals surface area contributed by atoms with Crippen molar-refractivity contribution >= 4 is 28.1 Å². The van der Waals surface area contributed by atoms with Crippen LogP contribution in [0.2, 0.25) is 0 Å². The number of carbonyl (C=O) groups excluding carboxylic acids is 1. The second-order valence-electron chi connectivity index (χ2n) is 5.79. The molecule has 0 bridgehead atoms. The lowest BCUT2D eigenvalue weighted by atomic mass is 10.0. The van der Waals surface area contributed by atoms with Crippen molar-refractivity contribution in [2.24, 2.45) is 0 Å². The van der Waals surface area contributed by atoms with Gasteiger partial charge in [-0.3, -0.25) is 25.0 Å². The Balaban J connectivity index is 2.06. The third kappa shape index (κ3) is 3.56. The van der Waals surface area contributed by atoms with Crippen LogP contribution in [0.25, 0.3) is 11.0 Å². The number of nitrogens with zero attached hydrogens (tertiary/aromatic N) is 2. The molecule has 10 nitrogen and oxygen atoms in total. The minimum atomic E-state index is -1.05. The quantitative estimate of drug-likeness (QED) is 0.273. The number of ether oxygens (including phenoxy) is 1. The molecule has 2 aromatic carbocycles. The normalized spacial score (nSPS) is 10.6. The lowest BCUT2D eigenvalue weighted by Crippen LogP contribution is -2.16. The van der Waals surface area contributed by atoms with Crippen LogP contribution in [0.1, 0.15) is 15.9 Å². The number of rotatable bonds is 6. The molecule has 1 aromatic heterocycles. The molecule has 0 aliphatic heterocycles. The van der Waals surface area contributed by atoms with Gasteiger partial charge in [-0.1, -0.05) is 12.1 Å². The molecule has 0 saturated heterocycles. The summed E-state index contributed by atoms with van der Waals surface area (Å²) in [6, 6.07) is 9.38. The highest BCUT2D eigenvalue weighted by atomic mass is 16.6. The van der Waals surface area contributed by atoms with Crippen LogP contribution in [0, 0.1) is 20.2 Å². The van der Waals surface area contributed by atoms with E-state index in [1.807, 2.05) is 0 Å². The lowest BCUT2D eigenvalue weighted by molar-refractivity contribution is -0.393. The first-order valence-electron chi connectivity index (χ1n) is 7.87. The zero-order valence-corrected chi connectivity index (χ0v) is 14.4. The maximum atomic E-state index is 12.5. The molecule has 0 unspecified atom stereocenters. The average molecular weight is 384 g/mol. The Bertz CT molecular complexity index is 1160. The van der Waals surface area contributed by atoms with Crippen LogP contribution in [0.15, 0.2) is 51.7 Å². The molecule has 1 heterocycles. The second kappa shape index (κ2) is 7.27. The molecule has 0 amide bonds. The van der Waals surface area contributed by atoms with Gasteiger partial charge in [-0.05, 0) is 23.8 Å². The van der Waals surface area contributed by atoms with Gasteiger partial charge in [0.15, 0.2) is 5.78 Å². The van der Waals surface area contributed by atoms with Crippen molar-refractivity contribution in [1.29, 1.82) is 0 Å². The molecule has 0 spiro atoms. The summed E-state index contributed by atoms with van der Waals surface area (Å²) >= 11 is 0. The Hall–Kier alpha value is -4.08. The number of fused-ring (bicyclic) bond motifs is 1. The molecular weight excluding hydrogens is 372 g/mol. The zero-order chi connectivity index (χ0) is 20.4. The summed E-state index contributed by atoms with van der Waals surface area (Å²) in [6.45, 7) is 0. The van der Waals surface area contributed by atoms with Crippen LogP contribution >= 0.6 is 0 Å². The van der Waals surface area contributed by atoms with Gasteiger partial charge in [0, 0.05) is 17.9 Å². The largest absolute Gasteiger partial charge is 0.497 e. The Kier molecular flexibility index (Phi) is 4.86. The van der Waals surface area contributed by atoms with Crippen molar-refractivity contribution in [3.8, 4) is 5.75 Å². The molecule has 3 rings (SSSR count). The molecule has 0 fully saturated rings. The van der Waals surface area contributed by atoms with Gasteiger partial charge in [0.1, 0.15) is 11.3 Å². The first-order valence-corrected chi connectivity index (χ1v) is 7.87. The van der Waals surface area contributed by atoms with E-state index in [9.17, 15) is 29.8 Å². The van der Waals surface area contributed by atoms with Gasteiger partial charge in [0.2, 0.25) is 5.58 Å². The third-order valence-electron chi connectivity index (χ3n) is 4.03. The standard InChI is InChI=1S/C18H12N2O8/c1-27-13-4-2-10(3-5-13)6-16(21)14-8-11-7-12(19(23)24)9-15(20(25)26)17(11)28-18(14)22/h2-5,7-9H,6H2,1H3. The van der Waals surface area contributed by atoms with Crippen molar-refractivity contribution in [1.82, 2.24) is 0 Å². The number of carbonyl (C=O) groups is 1. The molecule has 0 aliphatic carbocycles. The van der Waals surface area contributed by atoms with Crippen LogP contribution in [-0.4, -0.2) is 22.7 Å². The predicted octanol–water partition coefficient (Wildman–Crippen LogP) is 3.04. The van der Waals surface area contributed by atoms with Crippen LogP contribution in [-0.2, 0) is 6.42 Å². The number of ketones is 1. The van der Waals surface area contributed by atoms with Crippen LogP contribution < -0.4 is 10.4 Å². The molecule has 10 heteroatoms. The van der Waals surface area contributed by atoms with E-state index in [0.29, 0.717) is 17.4 Å². The first kappa shape index (κ1) is 18.7. The Labute approximate surface area is 156 Å². The van der Waals surface area contributed by atoms with E-state index >= 15 is 0 Å². The third-order valence-corrected chi connectivity index (χ3v) is 4.03. The molecule has 3 aromatic rings. The van der Waals surface area contributed by atoms with Crippen molar-refractivity contribution in [2.75, 3.05) is 7.11 Å². The van der Waals surface area contributed by atoms with Gasteiger partial charge in [-0.15, -0.1) is 0 Å². The average Bonchev–Trinajstić information content (AvgIpc) is 2.66. The van der Waals surface area contributed by atoms with Gasteiger partial charge in [0.25, 0.3) is 5.69 Å². The van der Waals surface area contributed by atoms with E-state index in [0.717, 1.165) is 12.1 Å². The van der Waals surface area contributed by atoms with Crippen molar-refractivity contribution < 1.29 is 23.8 Å². The van der Waals surface area contributed by atoms with E-state index < -0.39 is 38.2 Å². The number of nitro groups is 2. The van der Waals surface area contributed by atoms with Gasteiger partial charge < -0.3 is 9.15 Å². The highest BCUT2D eigenvalue weighted by molar-refractivity contribution is 6.00. The van der Waals surface area contributed by atoms with Crippen LogP contribution in [0.3, 0.4) is 0 Å². The lowest BCUT2D eigenvalue weighted by Gasteiger charge is -2.04. The maximum absolute atomic E-state index is 12.5. The fraction of sp³-hybridized carbons (Fsp3) is 0.111. The second-order valence-corrected chi connectivity index (χ2v) is 5.79. The van der Waals surface area contributed by atoms with Crippen molar-refractivity contribution in [2.45, 2.75) is 6.42 Å². The molecule has 0 N–H and O–H groups in total. The number of hydrogen-bond donors (Lipinski definition) is 0. The van der Waals surface area contributed by atoms with Gasteiger partial charge in [-0.2, -0.15) is 0 Å². The molecule has 28 heavy (non-hydrogen) atoms. The summed E-state index contributed by atoms with van der Waals surface area (Å²) in [5, 5.41) is 22.1. The fourth-order valence-electron chi connectivity index (χ4n) is 2.66. The molecule has 0 aliphatic rings. The maximum Gasteiger partial charge on any atom is 0.347 e. The van der Waals surface area contributed by atoms with E-state index in [-0.39, 0.29) is 17.4 Å².